The topological polar surface area (TPSA) is 128 Å². The maximum absolute atomic E-state index is 11.7. The van der Waals surface area contributed by atoms with E-state index in [0.717, 1.165) is 19.2 Å². The molecule has 0 saturated carbocycles. The minimum atomic E-state index is -0.908. The van der Waals surface area contributed by atoms with Gasteiger partial charge in [-0.2, -0.15) is 0 Å². The molecule has 0 bridgehead atoms. The third kappa shape index (κ3) is 4.33. The molecule has 120 valence electrons. The predicted octanol–water partition coefficient (Wildman–Crippen LogP) is 2.43. The number of hydrogen-bond acceptors (Lipinski definition) is 7. The lowest BCUT2D eigenvalue weighted by Crippen LogP contribution is -2.27. The molecule has 9 nitrogen and oxygen atoms in total. The zero-order valence-corrected chi connectivity index (χ0v) is 12.5. The van der Waals surface area contributed by atoms with Crippen molar-refractivity contribution in [3.8, 4) is 5.75 Å². The van der Waals surface area contributed by atoms with Gasteiger partial charge in [0, 0.05) is 12.1 Å². The molecule has 0 saturated heterocycles. The van der Waals surface area contributed by atoms with Gasteiger partial charge in [0.15, 0.2) is 5.75 Å². The number of hydrogen-bond donors (Lipinski definition) is 2. The van der Waals surface area contributed by atoms with Crippen molar-refractivity contribution in [2.75, 3.05) is 12.4 Å². The van der Waals surface area contributed by atoms with Crippen LogP contribution in [0.5, 0.6) is 5.75 Å². The number of nitrogens with one attached hydrogen (secondary N) is 1. The number of carbonyl (C=O) groups excluding carboxylic acids is 2. The monoisotopic (exact) mass is 312 g/mol. The highest BCUT2D eigenvalue weighted by molar-refractivity contribution is 6.01. The first kappa shape index (κ1) is 17.2. The van der Waals surface area contributed by atoms with Crippen molar-refractivity contribution in [3.05, 3.63) is 27.8 Å². The number of rotatable bonds is 3. The van der Waals surface area contributed by atoms with Crippen molar-refractivity contribution < 1.29 is 29.1 Å². The van der Waals surface area contributed by atoms with Crippen LogP contribution in [0.3, 0.4) is 0 Å². The normalized spacial score (nSPS) is 10.7. The highest BCUT2D eigenvalue weighted by atomic mass is 16.6. The number of carbonyl (C=O) groups is 2. The number of methoxy groups -OCH3 is 1. The molecule has 0 aliphatic carbocycles. The maximum atomic E-state index is 11.7. The van der Waals surface area contributed by atoms with Crippen LogP contribution in [0.4, 0.5) is 16.2 Å². The summed E-state index contributed by atoms with van der Waals surface area (Å²) >= 11 is 0. The van der Waals surface area contributed by atoms with Crippen LogP contribution in [0.2, 0.25) is 0 Å². The smallest absolute Gasteiger partial charge is 0.412 e. The summed E-state index contributed by atoms with van der Waals surface area (Å²) in [5.74, 6) is -1.61. The molecule has 1 rings (SSSR count). The van der Waals surface area contributed by atoms with Crippen LogP contribution in [-0.4, -0.2) is 34.8 Å². The van der Waals surface area contributed by atoms with Gasteiger partial charge in [-0.3, -0.25) is 15.4 Å². The van der Waals surface area contributed by atoms with Crippen molar-refractivity contribution in [3.63, 3.8) is 0 Å². The fourth-order valence-electron chi connectivity index (χ4n) is 1.52. The summed E-state index contributed by atoms with van der Waals surface area (Å²) in [5.41, 5.74) is -1.91. The molecule has 0 radical (unpaired) electrons. The molecule has 0 aliphatic heterocycles. The van der Waals surface area contributed by atoms with Crippen LogP contribution in [0.1, 0.15) is 31.1 Å². The molecular weight excluding hydrogens is 296 g/mol. The summed E-state index contributed by atoms with van der Waals surface area (Å²) < 4.78 is 9.51. The first-order chi connectivity index (χ1) is 10.0. The van der Waals surface area contributed by atoms with Crippen molar-refractivity contribution in [1.29, 1.82) is 0 Å². The van der Waals surface area contributed by atoms with E-state index in [2.05, 4.69) is 10.1 Å². The lowest BCUT2D eigenvalue weighted by molar-refractivity contribution is -0.385. The fraction of sp³-hybridized carbons (Fsp3) is 0.385. The number of nitrogens with zero attached hydrogens (tertiary/aromatic N) is 1. The van der Waals surface area contributed by atoms with E-state index in [1.807, 2.05) is 0 Å². The molecule has 2 N–H and O–H groups in total. The fourth-order valence-corrected chi connectivity index (χ4v) is 1.52. The number of phenols is 1. The summed E-state index contributed by atoms with van der Waals surface area (Å²) in [6.07, 6.45) is -0.883. The lowest BCUT2D eigenvalue weighted by atomic mass is 10.1. The van der Waals surface area contributed by atoms with Gasteiger partial charge in [0.2, 0.25) is 0 Å². The van der Waals surface area contributed by atoms with Gasteiger partial charge in [-0.1, -0.05) is 0 Å². The van der Waals surface area contributed by atoms with Gasteiger partial charge in [0.05, 0.1) is 23.3 Å². The SMILES string of the molecule is COC(=O)c1cc([N+](=O)[O-])c(O)cc1NC(=O)OC(C)(C)C. The first-order valence-corrected chi connectivity index (χ1v) is 6.15. The number of nitro groups is 1. The zero-order chi connectivity index (χ0) is 17.1. The summed E-state index contributed by atoms with van der Waals surface area (Å²) in [6.45, 7) is 4.92. The van der Waals surface area contributed by atoms with Crippen LogP contribution < -0.4 is 5.32 Å². The van der Waals surface area contributed by atoms with Gasteiger partial charge in [-0.25, -0.2) is 9.59 Å². The number of esters is 1. The Bertz CT molecular complexity index is 620. The Morgan fingerprint density at radius 2 is 1.91 bits per heavy atom. The number of anilines is 1. The molecule has 1 amide bonds. The van der Waals surface area contributed by atoms with Gasteiger partial charge >= 0.3 is 17.7 Å². The third-order valence-electron chi connectivity index (χ3n) is 2.35. The standard InChI is InChI=1S/C13H16N2O7/c1-13(2,3)22-12(18)14-8-6-10(16)9(15(19)20)5-7(8)11(17)21-4/h5-6,16H,1-4H3,(H,14,18). The Kier molecular flexibility index (Phi) is 4.92. The summed E-state index contributed by atoms with van der Waals surface area (Å²) in [4.78, 5) is 33.3. The second kappa shape index (κ2) is 6.29. The van der Waals surface area contributed by atoms with Crippen LogP contribution >= 0.6 is 0 Å². The number of benzene rings is 1. The highest BCUT2D eigenvalue weighted by Crippen LogP contribution is 2.32. The number of phenolic OH excluding ortho intramolecular Hbond substituents is 1. The van der Waals surface area contributed by atoms with E-state index in [0.29, 0.717) is 0 Å². The quantitative estimate of drug-likeness (QED) is 0.498. The van der Waals surface area contributed by atoms with Gasteiger partial charge in [0.1, 0.15) is 5.60 Å². The van der Waals surface area contributed by atoms with Crippen LogP contribution in [-0.2, 0) is 9.47 Å². The van der Waals surface area contributed by atoms with Gasteiger partial charge < -0.3 is 14.6 Å². The molecule has 0 fully saturated rings. The molecule has 0 atom stereocenters. The summed E-state index contributed by atoms with van der Waals surface area (Å²) in [6, 6.07) is 1.70. The molecule has 0 aliphatic rings. The molecule has 1 aromatic rings. The molecule has 0 unspecified atom stereocenters. The Labute approximate surface area is 126 Å². The van der Waals surface area contributed by atoms with Crippen molar-refractivity contribution >= 4 is 23.4 Å². The molecule has 22 heavy (non-hydrogen) atoms. The Balaban J connectivity index is 3.23. The van der Waals surface area contributed by atoms with Crippen LogP contribution in [0, 0.1) is 10.1 Å². The average Bonchev–Trinajstić information content (AvgIpc) is 2.35. The van der Waals surface area contributed by atoms with Crippen LogP contribution in [0.25, 0.3) is 0 Å². The third-order valence-corrected chi connectivity index (χ3v) is 2.35. The Hall–Kier alpha value is -2.84. The average molecular weight is 312 g/mol. The number of ether oxygens (including phenoxy) is 2. The molecule has 0 spiro atoms. The van der Waals surface area contributed by atoms with Gasteiger partial charge in [0.25, 0.3) is 0 Å². The number of aromatic hydroxyl groups is 1. The van der Waals surface area contributed by atoms with Gasteiger partial charge in [-0.05, 0) is 20.8 Å². The van der Waals surface area contributed by atoms with E-state index in [-0.39, 0.29) is 11.3 Å². The molecule has 9 heteroatoms. The first-order valence-electron chi connectivity index (χ1n) is 6.15. The summed E-state index contributed by atoms with van der Waals surface area (Å²) in [5, 5.41) is 22.6. The van der Waals surface area contributed by atoms with E-state index in [1.54, 1.807) is 20.8 Å². The highest BCUT2D eigenvalue weighted by Gasteiger charge is 2.24. The van der Waals surface area contributed by atoms with E-state index in [9.17, 15) is 24.8 Å². The molecule has 0 aromatic heterocycles. The largest absolute Gasteiger partial charge is 0.502 e. The van der Waals surface area contributed by atoms with E-state index in [1.165, 1.54) is 0 Å². The van der Waals surface area contributed by atoms with Crippen molar-refractivity contribution in [2.24, 2.45) is 0 Å². The molecular formula is C13H16N2O7. The minimum Gasteiger partial charge on any atom is -0.502 e. The molecule has 1 aromatic carbocycles. The predicted molar refractivity (Wildman–Crippen MR) is 76.0 cm³/mol. The summed E-state index contributed by atoms with van der Waals surface area (Å²) in [7, 11) is 1.08. The van der Waals surface area contributed by atoms with Crippen molar-refractivity contribution in [1.82, 2.24) is 0 Å². The number of nitro benzene ring substituents is 1. The minimum absolute atomic E-state index is 0.163. The maximum Gasteiger partial charge on any atom is 0.412 e. The molecule has 0 heterocycles. The van der Waals surface area contributed by atoms with Crippen molar-refractivity contribution in [2.45, 2.75) is 26.4 Å². The zero-order valence-electron chi connectivity index (χ0n) is 12.5. The van der Waals surface area contributed by atoms with E-state index < -0.39 is 34.0 Å². The van der Waals surface area contributed by atoms with Gasteiger partial charge in [-0.15, -0.1) is 0 Å². The Morgan fingerprint density at radius 1 is 1.32 bits per heavy atom. The number of amides is 1. The second-order valence-electron chi connectivity index (χ2n) is 5.26. The Morgan fingerprint density at radius 3 is 2.36 bits per heavy atom. The lowest BCUT2D eigenvalue weighted by Gasteiger charge is -2.20. The van der Waals surface area contributed by atoms with E-state index in [4.69, 9.17) is 4.74 Å². The van der Waals surface area contributed by atoms with E-state index >= 15 is 0 Å². The van der Waals surface area contributed by atoms with Crippen LogP contribution in [0.15, 0.2) is 12.1 Å². The second-order valence-corrected chi connectivity index (χ2v) is 5.26.